The van der Waals surface area contributed by atoms with Crippen LogP contribution in [0.2, 0.25) is 0 Å². The van der Waals surface area contributed by atoms with Crippen molar-refractivity contribution in [2.45, 2.75) is 111 Å². The third kappa shape index (κ3) is 9.97. The van der Waals surface area contributed by atoms with Gasteiger partial charge in [-0.15, -0.1) is 0 Å². The molecule has 0 fully saturated rings. The Hall–Kier alpha value is 0. The van der Waals surface area contributed by atoms with Crippen molar-refractivity contribution in [1.82, 2.24) is 0 Å². The maximum atomic E-state index is 2.52. The fraction of sp³-hybridized carbons (Fsp3) is 1.00. The molecule has 0 atom stereocenters. The van der Waals surface area contributed by atoms with Crippen molar-refractivity contribution < 1.29 is 0 Å². The molecule has 0 rings (SSSR count). The Labute approximate surface area is 117 Å². The maximum Gasteiger partial charge on any atom is -0.0328 e. The minimum atomic E-state index is 0.637. The summed E-state index contributed by atoms with van der Waals surface area (Å²) >= 11 is 0. The number of unbranched alkanes of at least 4 members (excludes halogenated alkanes) is 8. The second kappa shape index (κ2) is 12.1. The first-order chi connectivity index (χ1) is 8.68. The molecule has 0 N–H and O–H groups in total. The summed E-state index contributed by atoms with van der Waals surface area (Å²) in [4.78, 5) is 0. The van der Waals surface area contributed by atoms with Gasteiger partial charge in [-0.25, -0.2) is 0 Å². The molecule has 0 aromatic heterocycles. The van der Waals surface area contributed by atoms with Crippen molar-refractivity contribution >= 4 is 0 Å². The zero-order valence-corrected chi connectivity index (χ0v) is 13.7. The van der Waals surface area contributed by atoms with E-state index in [1.54, 1.807) is 0 Å². The highest BCUT2D eigenvalue weighted by Crippen LogP contribution is 2.34. The third-order valence-corrected chi connectivity index (χ3v) is 4.62. The lowest BCUT2D eigenvalue weighted by molar-refractivity contribution is 0.241. The summed E-state index contributed by atoms with van der Waals surface area (Å²) in [5, 5.41) is 0. The molecule has 18 heavy (non-hydrogen) atoms. The van der Waals surface area contributed by atoms with Crippen molar-refractivity contribution in [3.05, 3.63) is 0 Å². The van der Waals surface area contributed by atoms with E-state index >= 15 is 0 Å². The Bertz CT molecular complexity index is 145. The van der Waals surface area contributed by atoms with Gasteiger partial charge in [-0.1, -0.05) is 98.3 Å². The first-order valence-corrected chi connectivity index (χ1v) is 8.68. The summed E-state index contributed by atoms with van der Waals surface area (Å²) in [5.74, 6) is 0. The molecule has 0 heterocycles. The molecule has 0 aliphatic rings. The van der Waals surface area contributed by atoms with E-state index in [-0.39, 0.29) is 0 Å². The first-order valence-electron chi connectivity index (χ1n) is 8.68. The molecule has 0 amide bonds. The zero-order valence-electron chi connectivity index (χ0n) is 13.7. The molecule has 0 aromatic carbocycles. The van der Waals surface area contributed by atoms with E-state index in [1.165, 1.54) is 83.5 Å². The number of rotatable bonds is 13. The molecule has 0 aliphatic heterocycles. The molecule has 0 aliphatic carbocycles. The zero-order chi connectivity index (χ0) is 13.7. The largest absolute Gasteiger partial charge is 0.0654 e. The van der Waals surface area contributed by atoms with Gasteiger partial charge in [0.25, 0.3) is 0 Å². The van der Waals surface area contributed by atoms with E-state index in [0.717, 1.165) is 0 Å². The lowest BCUT2D eigenvalue weighted by Crippen LogP contribution is -2.15. The Kier molecular flexibility index (Phi) is 12.1. The van der Waals surface area contributed by atoms with Crippen molar-refractivity contribution in [3.8, 4) is 0 Å². The van der Waals surface area contributed by atoms with E-state index in [4.69, 9.17) is 0 Å². The molecular weight excluding hydrogens is 216 g/mol. The third-order valence-electron chi connectivity index (χ3n) is 4.62. The van der Waals surface area contributed by atoms with Gasteiger partial charge in [-0.2, -0.15) is 0 Å². The monoisotopic (exact) mass is 254 g/mol. The second-order valence-electron chi connectivity index (χ2n) is 6.49. The van der Waals surface area contributed by atoms with Crippen LogP contribution < -0.4 is 0 Å². The lowest BCUT2D eigenvalue weighted by Gasteiger charge is -2.28. The van der Waals surface area contributed by atoms with Gasteiger partial charge in [0.2, 0.25) is 0 Å². The van der Waals surface area contributed by atoms with E-state index < -0.39 is 0 Å². The van der Waals surface area contributed by atoms with Crippen LogP contribution in [0.1, 0.15) is 111 Å². The fourth-order valence-corrected chi connectivity index (χ4v) is 2.79. The van der Waals surface area contributed by atoms with Crippen LogP contribution in [0.5, 0.6) is 0 Å². The topological polar surface area (TPSA) is 0 Å². The van der Waals surface area contributed by atoms with Crippen LogP contribution in [0, 0.1) is 5.41 Å². The number of hydrogen-bond donors (Lipinski definition) is 0. The highest BCUT2D eigenvalue weighted by atomic mass is 14.3. The van der Waals surface area contributed by atoms with Crippen LogP contribution in [0.4, 0.5) is 0 Å². The van der Waals surface area contributed by atoms with Crippen molar-refractivity contribution in [2.24, 2.45) is 5.41 Å². The van der Waals surface area contributed by atoms with Gasteiger partial charge in [0.15, 0.2) is 0 Å². The highest BCUT2D eigenvalue weighted by molar-refractivity contribution is 4.72. The molecule has 0 radical (unpaired) electrons. The summed E-state index contributed by atoms with van der Waals surface area (Å²) in [6.45, 7) is 9.50. The molecular formula is C18H38. The molecule has 0 spiro atoms. The smallest absolute Gasteiger partial charge is 0.0328 e. The minimum absolute atomic E-state index is 0.637. The van der Waals surface area contributed by atoms with Gasteiger partial charge in [0.1, 0.15) is 0 Å². The van der Waals surface area contributed by atoms with Crippen molar-refractivity contribution in [1.29, 1.82) is 0 Å². The average molecular weight is 255 g/mol. The summed E-state index contributed by atoms with van der Waals surface area (Å²) < 4.78 is 0. The van der Waals surface area contributed by atoms with E-state index in [9.17, 15) is 0 Å². The Morgan fingerprint density at radius 3 is 1.28 bits per heavy atom. The summed E-state index contributed by atoms with van der Waals surface area (Å²) in [6, 6.07) is 0. The summed E-state index contributed by atoms with van der Waals surface area (Å²) in [5.41, 5.74) is 0.637. The highest BCUT2D eigenvalue weighted by Gasteiger charge is 2.20. The van der Waals surface area contributed by atoms with Gasteiger partial charge in [-0.3, -0.25) is 0 Å². The van der Waals surface area contributed by atoms with E-state index in [0.29, 0.717) is 5.41 Å². The van der Waals surface area contributed by atoms with E-state index in [2.05, 4.69) is 27.7 Å². The van der Waals surface area contributed by atoms with Crippen LogP contribution >= 0.6 is 0 Å². The van der Waals surface area contributed by atoms with Gasteiger partial charge in [-0.05, 0) is 18.3 Å². The number of hydrogen-bond acceptors (Lipinski definition) is 0. The van der Waals surface area contributed by atoms with E-state index in [1.807, 2.05) is 0 Å². The summed E-state index contributed by atoms with van der Waals surface area (Å²) in [6.07, 6.45) is 18.6. The molecule has 0 unspecified atom stereocenters. The molecule has 0 aromatic rings. The fourth-order valence-electron chi connectivity index (χ4n) is 2.79. The van der Waals surface area contributed by atoms with Crippen molar-refractivity contribution in [3.63, 3.8) is 0 Å². The van der Waals surface area contributed by atoms with Gasteiger partial charge >= 0.3 is 0 Å². The first kappa shape index (κ1) is 18.0. The van der Waals surface area contributed by atoms with Crippen LogP contribution in [0.25, 0.3) is 0 Å². The molecule has 0 heteroatoms. The normalized spacial score (nSPS) is 12.0. The van der Waals surface area contributed by atoms with Crippen LogP contribution in [-0.2, 0) is 0 Å². The maximum absolute atomic E-state index is 2.52. The lowest BCUT2D eigenvalue weighted by atomic mass is 9.77. The molecule has 0 saturated carbocycles. The molecule has 0 nitrogen and oxygen atoms in total. The van der Waals surface area contributed by atoms with Crippen molar-refractivity contribution in [2.75, 3.05) is 0 Å². The predicted octanol–water partition coefficient (Wildman–Crippen LogP) is 7.12. The van der Waals surface area contributed by atoms with Gasteiger partial charge < -0.3 is 0 Å². The Balaban J connectivity index is 3.60. The van der Waals surface area contributed by atoms with Gasteiger partial charge in [0, 0.05) is 0 Å². The molecule has 0 bridgehead atoms. The minimum Gasteiger partial charge on any atom is -0.0654 e. The average Bonchev–Trinajstić information content (AvgIpc) is 2.38. The van der Waals surface area contributed by atoms with Crippen LogP contribution in [0.3, 0.4) is 0 Å². The van der Waals surface area contributed by atoms with Gasteiger partial charge in [0.05, 0.1) is 0 Å². The summed E-state index contributed by atoms with van der Waals surface area (Å²) in [7, 11) is 0. The quantitative estimate of drug-likeness (QED) is 0.307. The standard InChI is InChI=1S/C18H38/c1-5-8-10-12-14-16-18(4,7-3)17-15-13-11-9-6-2/h5-17H2,1-4H3. The van der Waals surface area contributed by atoms with Crippen LogP contribution in [-0.4, -0.2) is 0 Å². The second-order valence-corrected chi connectivity index (χ2v) is 6.49. The van der Waals surface area contributed by atoms with Crippen LogP contribution in [0.15, 0.2) is 0 Å². The SMILES string of the molecule is CCCCCCCC(C)(CC)CCCCCCC. The Morgan fingerprint density at radius 2 is 0.944 bits per heavy atom. The Morgan fingerprint density at radius 1 is 0.556 bits per heavy atom. The molecule has 110 valence electrons. The predicted molar refractivity (Wildman–Crippen MR) is 85.2 cm³/mol. The molecule has 0 saturated heterocycles.